The van der Waals surface area contributed by atoms with Gasteiger partial charge in [0.15, 0.2) is 0 Å². The molecule has 152 valence electrons. The molecule has 1 amide bonds. The average molecular weight is 414 g/mol. The largest absolute Gasteiger partial charge is 0.352 e. The summed E-state index contributed by atoms with van der Waals surface area (Å²) >= 11 is 0. The molecule has 3 aliphatic heterocycles. The fourth-order valence-electron chi connectivity index (χ4n) is 4.94. The second kappa shape index (κ2) is 10.7. The van der Waals surface area contributed by atoms with E-state index in [0.29, 0.717) is 31.0 Å². The van der Waals surface area contributed by atoms with Crippen molar-refractivity contribution in [2.75, 3.05) is 13.1 Å². The van der Waals surface area contributed by atoms with Crippen molar-refractivity contribution in [2.24, 2.45) is 5.92 Å². The van der Waals surface area contributed by atoms with E-state index >= 15 is 0 Å². The Morgan fingerprint density at radius 1 is 1.04 bits per heavy atom. The van der Waals surface area contributed by atoms with Gasteiger partial charge in [-0.15, -0.1) is 24.8 Å². The number of carbonyl (C=O) groups is 1. The Balaban J connectivity index is 0.00000131. The first kappa shape index (κ1) is 22.5. The van der Waals surface area contributed by atoms with Crippen LogP contribution in [0.1, 0.15) is 56.1 Å². The summed E-state index contributed by atoms with van der Waals surface area (Å²) in [5.74, 6) is 0.792. The first-order valence-electron chi connectivity index (χ1n) is 10.1. The Hall–Kier alpha value is -0.810. The third kappa shape index (κ3) is 6.08. The number of hydrogen-bond acceptors (Lipinski definition) is 3. The number of amides is 1. The van der Waals surface area contributed by atoms with Crippen LogP contribution in [0.5, 0.6) is 0 Å². The lowest BCUT2D eigenvalue weighted by molar-refractivity contribution is -0.122. The number of likely N-dealkylation sites (tertiary alicyclic amines) is 1. The summed E-state index contributed by atoms with van der Waals surface area (Å²) in [5.41, 5.74) is 2.64. The molecule has 3 heterocycles. The zero-order valence-corrected chi connectivity index (χ0v) is 17.6. The monoisotopic (exact) mass is 413 g/mol. The Morgan fingerprint density at radius 3 is 2.33 bits per heavy atom. The maximum absolute atomic E-state index is 12.4. The van der Waals surface area contributed by atoms with Gasteiger partial charge in [0.05, 0.1) is 0 Å². The molecule has 2 atom stereocenters. The highest BCUT2D eigenvalue weighted by atomic mass is 35.5. The highest BCUT2D eigenvalue weighted by Crippen LogP contribution is 2.32. The Morgan fingerprint density at radius 2 is 1.67 bits per heavy atom. The zero-order valence-electron chi connectivity index (χ0n) is 16.0. The normalized spacial score (nSPS) is 26.9. The topological polar surface area (TPSA) is 44.4 Å². The van der Waals surface area contributed by atoms with E-state index in [9.17, 15) is 4.79 Å². The molecule has 2 bridgehead atoms. The predicted molar refractivity (Wildman–Crippen MR) is 115 cm³/mol. The van der Waals surface area contributed by atoms with Gasteiger partial charge in [0.2, 0.25) is 5.91 Å². The van der Waals surface area contributed by atoms with Crippen molar-refractivity contribution in [3.05, 3.63) is 35.4 Å². The fourth-order valence-corrected chi connectivity index (χ4v) is 4.94. The highest BCUT2D eigenvalue weighted by molar-refractivity contribution is 5.85. The number of halogens is 2. The maximum Gasteiger partial charge on any atom is 0.220 e. The van der Waals surface area contributed by atoms with Gasteiger partial charge in [-0.1, -0.05) is 24.3 Å². The van der Waals surface area contributed by atoms with Crippen LogP contribution in [-0.4, -0.2) is 36.0 Å². The second-order valence-corrected chi connectivity index (χ2v) is 8.21. The van der Waals surface area contributed by atoms with E-state index in [1.54, 1.807) is 0 Å². The van der Waals surface area contributed by atoms with E-state index in [0.717, 1.165) is 6.54 Å². The Kier molecular flexibility index (Phi) is 8.87. The molecule has 0 radical (unpaired) electrons. The molecular weight excluding hydrogens is 381 g/mol. The average Bonchev–Trinajstić information content (AvgIpc) is 3.24. The van der Waals surface area contributed by atoms with Crippen LogP contribution in [0, 0.1) is 5.92 Å². The van der Waals surface area contributed by atoms with Gasteiger partial charge in [-0.3, -0.25) is 9.69 Å². The molecule has 6 heteroatoms. The van der Waals surface area contributed by atoms with E-state index in [1.807, 2.05) is 0 Å². The number of rotatable bonds is 6. The van der Waals surface area contributed by atoms with Crippen LogP contribution in [0.25, 0.3) is 0 Å². The summed E-state index contributed by atoms with van der Waals surface area (Å²) in [6.45, 7) is 4.10. The van der Waals surface area contributed by atoms with Crippen molar-refractivity contribution in [3.8, 4) is 0 Å². The van der Waals surface area contributed by atoms with Crippen LogP contribution in [0.3, 0.4) is 0 Å². The second-order valence-electron chi connectivity index (χ2n) is 8.21. The number of hydrogen-bond donors (Lipinski definition) is 2. The van der Waals surface area contributed by atoms with Crippen LogP contribution in [0.15, 0.2) is 24.3 Å². The fraction of sp³-hybridized carbons (Fsp3) is 0.667. The molecule has 0 aromatic heterocycles. The summed E-state index contributed by atoms with van der Waals surface area (Å²) in [6, 6.07) is 9.90. The van der Waals surface area contributed by atoms with Crippen LogP contribution < -0.4 is 10.6 Å². The molecule has 0 spiro atoms. The summed E-state index contributed by atoms with van der Waals surface area (Å²) in [7, 11) is 0. The molecule has 4 nitrogen and oxygen atoms in total. The van der Waals surface area contributed by atoms with Gasteiger partial charge in [-0.05, 0) is 68.7 Å². The first-order chi connectivity index (χ1) is 12.3. The SMILES string of the molecule is Cl.Cl.O=C(CC1CC2CCC(C1)N2)NCc1ccccc1CN1CCCC1. The number of carbonyl (C=O) groups excluding carboxylic acids is 1. The third-order valence-corrected chi connectivity index (χ3v) is 6.23. The number of nitrogens with zero attached hydrogens (tertiary/aromatic N) is 1. The van der Waals surface area contributed by atoms with E-state index in [-0.39, 0.29) is 30.7 Å². The van der Waals surface area contributed by atoms with E-state index in [2.05, 4.69) is 39.8 Å². The molecule has 0 aliphatic carbocycles. The quantitative estimate of drug-likeness (QED) is 0.747. The van der Waals surface area contributed by atoms with Crippen LogP contribution in [0.4, 0.5) is 0 Å². The smallest absolute Gasteiger partial charge is 0.220 e. The number of fused-ring (bicyclic) bond motifs is 2. The summed E-state index contributed by atoms with van der Waals surface area (Å²) in [4.78, 5) is 15.0. The van der Waals surface area contributed by atoms with Crippen LogP contribution in [0.2, 0.25) is 0 Å². The predicted octanol–water partition coefficient (Wildman–Crippen LogP) is 3.66. The lowest BCUT2D eigenvalue weighted by Crippen LogP contribution is -2.39. The van der Waals surface area contributed by atoms with Gasteiger partial charge in [-0.25, -0.2) is 0 Å². The Labute approximate surface area is 175 Å². The molecule has 1 aromatic rings. The summed E-state index contributed by atoms with van der Waals surface area (Å²) in [6.07, 6.45) is 8.28. The van der Waals surface area contributed by atoms with Gasteiger partial charge in [-0.2, -0.15) is 0 Å². The highest BCUT2D eigenvalue weighted by Gasteiger charge is 2.34. The van der Waals surface area contributed by atoms with Crippen LogP contribution in [-0.2, 0) is 17.9 Å². The van der Waals surface area contributed by atoms with Gasteiger partial charge < -0.3 is 10.6 Å². The molecule has 0 saturated carbocycles. The van der Waals surface area contributed by atoms with Crippen molar-refractivity contribution in [2.45, 2.75) is 70.1 Å². The van der Waals surface area contributed by atoms with E-state index < -0.39 is 0 Å². The number of piperidine rings is 1. The molecule has 3 saturated heterocycles. The van der Waals surface area contributed by atoms with Gasteiger partial charge in [0, 0.05) is 31.6 Å². The molecule has 2 unspecified atom stereocenters. The number of nitrogens with one attached hydrogen (secondary N) is 2. The molecule has 3 aliphatic rings. The van der Waals surface area contributed by atoms with Crippen molar-refractivity contribution in [1.82, 2.24) is 15.5 Å². The summed E-state index contributed by atoms with van der Waals surface area (Å²) in [5, 5.41) is 6.84. The van der Waals surface area contributed by atoms with Crippen molar-refractivity contribution < 1.29 is 4.79 Å². The van der Waals surface area contributed by atoms with Gasteiger partial charge in [0.25, 0.3) is 0 Å². The summed E-state index contributed by atoms with van der Waals surface area (Å²) < 4.78 is 0. The molecule has 4 rings (SSSR count). The minimum absolute atomic E-state index is 0. The van der Waals surface area contributed by atoms with Crippen LogP contribution >= 0.6 is 24.8 Å². The molecule has 27 heavy (non-hydrogen) atoms. The first-order valence-corrected chi connectivity index (χ1v) is 10.1. The van der Waals surface area contributed by atoms with Crippen molar-refractivity contribution >= 4 is 30.7 Å². The Bertz CT molecular complexity index is 595. The molecule has 1 aromatic carbocycles. The van der Waals surface area contributed by atoms with Gasteiger partial charge >= 0.3 is 0 Å². The zero-order chi connectivity index (χ0) is 17.1. The maximum atomic E-state index is 12.4. The third-order valence-electron chi connectivity index (χ3n) is 6.23. The minimum Gasteiger partial charge on any atom is -0.352 e. The molecule has 3 fully saturated rings. The lowest BCUT2D eigenvalue weighted by Gasteiger charge is -2.28. The lowest BCUT2D eigenvalue weighted by atomic mass is 9.89. The number of benzene rings is 1. The minimum atomic E-state index is 0. The van der Waals surface area contributed by atoms with E-state index in [4.69, 9.17) is 0 Å². The molecular formula is C21H33Cl2N3O. The van der Waals surface area contributed by atoms with Crippen molar-refractivity contribution in [1.29, 1.82) is 0 Å². The van der Waals surface area contributed by atoms with Gasteiger partial charge in [0.1, 0.15) is 0 Å². The standard InChI is InChI=1S/C21H31N3O.2ClH/c25-21(13-16-11-19-7-8-20(12-16)23-19)22-14-17-5-1-2-6-18(17)15-24-9-3-4-10-24;;/h1-2,5-6,16,19-20,23H,3-4,7-15H2,(H,22,25);2*1H. The van der Waals surface area contributed by atoms with Crippen molar-refractivity contribution in [3.63, 3.8) is 0 Å². The molecule has 2 N–H and O–H groups in total. The van der Waals surface area contributed by atoms with E-state index in [1.165, 1.54) is 62.7 Å².